The largest absolute Gasteiger partial charge is 0.383 e. The minimum Gasteiger partial charge on any atom is -0.383 e. The number of nitrogens with zero attached hydrogens (tertiary/aromatic N) is 3. The average Bonchev–Trinajstić information content (AvgIpc) is 2.72. The topological polar surface area (TPSA) is 76.5 Å². The lowest BCUT2D eigenvalue weighted by atomic mass is 9.99. The van der Waals surface area contributed by atoms with Crippen LogP contribution >= 0.6 is 0 Å². The molecule has 1 fully saturated rings. The van der Waals surface area contributed by atoms with Crippen molar-refractivity contribution in [3.63, 3.8) is 0 Å². The molecule has 1 aliphatic heterocycles. The molecule has 1 N–H and O–H groups in total. The summed E-state index contributed by atoms with van der Waals surface area (Å²) in [5.74, 6) is 0.438. The zero-order chi connectivity index (χ0) is 20.6. The first kappa shape index (κ1) is 21.2. The second-order valence-electron chi connectivity index (χ2n) is 7.71. The van der Waals surface area contributed by atoms with Gasteiger partial charge in [0.1, 0.15) is 5.69 Å². The molecule has 7 heteroatoms. The van der Waals surface area contributed by atoms with Crippen LogP contribution in [0.15, 0.2) is 41.2 Å². The van der Waals surface area contributed by atoms with Crippen LogP contribution in [0.5, 0.6) is 0 Å². The van der Waals surface area contributed by atoms with Gasteiger partial charge >= 0.3 is 0 Å². The standard InChI is InChI=1S/C22H30N4O3/c1-17-6-5-11-25(15-17)16-19-8-4-3-7-18(19)14-23-22(28)20-9-10-21(27)26(24-20)12-13-29-2/h3-4,7-10,17H,5-6,11-16H2,1-2H3,(H,23,28)/t17-/m0/s1. The second-order valence-corrected chi connectivity index (χ2v) is 7.71. The Hall–Kier alpha value is -2.51. The Labute approximate surface area is 171 Å². The monoisotopic (exact) mass is 398 g/mol. The molecule has 0 bridgehead atoms. The molecule has 3 rings (SSSR count). The summed E-state index contributed by atoms with van der Waals surface area (Å²) in [4.78, 5) is 26.9. The number of carbonyl (C=O) groups is 1. The highest BCUT2D eigenvalue weighted by atomic mass is 16.5. The first-order chi connectivity index (χ1) is 14.1. The van der Waals surface area contributed by atoms with Gasteiger partial charge in [-0.25, -0.2) is 4.68 Å². The van der Waals surface area contributed by atoms with Gasteiger partial charge in [0, 0.05) is 32.8 Å². The number of hydrogen-bond donors (Lipinski definition) is 1. The number of benzene rings is 1. The molecule has 0 saturated carbocycles. The number of likely N-dealkylation sites (tertiary alicyclic amines) is 1. The zero-order valence-corrected chi connectivity index (χ0v) is 17.3. The summed E-state index contributed by atoms with van der Waals surface area (Å²) >= 11 is 0. The van der Waals surface area contributed by atoms with Crippen molar-refractivity contribution in [3.05, 3.63) is 63.6 Å². The van der Waals surface area contributed by atoms with Crippen LogP contribution in [0.4, 0.5) is 0 Å². The smallest absolute Gasteiger partial charge is 0.271 e. The Morgan fingerprint density at radius 3 is 2.79 bits per heavy atom. The van der Waals surface area contributed by atoms with E-state index < -0.39 is 0 Å². The maximum Gasteiger partial charge on any atom is 0.271 e. The molecule has 156 valence electrons. The van der Waals surface area contributed by atoms with Crippen LogP contribution in [0.2, 0.25) is 0 Å². The van der Waals surface area contributed by atoms with Crippen molar-refractivity contribution in [1.29, 1.82) is 0 Å². The van der Waals surface area contributed by atoms with Gasteiger partial charge in [-0.15, -0.1) is 0 Å². The maximum absolute atomic E-state index is 12.6. The Kier molecular flexibility index (Phi) is 7.55. The van der Waals surface area contributed by atoms with Crippen molar-refractivity contribution in [2.75, 3.05) is 26.8 Å². The maximum atomic E-state index is 12.6. The summed E-state index contributed by atoms with van der Waals surface area (Å²) in [6, 6.07) is 11.0. The average molecular weight is 399 g/mol. The van der Waals surface area contributed by atoms with Gasteiger partial charge < -0.3 is 10.1 Å². The minimum atomic E-state index is -0.294. The van der Waals surface area contributed by atoms with Crippen LogP contribution in [-0.2, 0) is 24.4 Å². The third kappa shape index (κ3) is 5.98. The van der Waals surface area contributed by atoms with Crippen molar-refractivity contribution in [2.45, 2.75) is 39.4 Å². The summed E-state index contributed by atoms with van der Waals surface area (Å²) in [6.45, 7) is 6.55. The van der Waals surface area contributed by atoms with Crippen LogP contribution in [0.3, 0.4) is 0 Å². The number of rotatable bonds is 8. The first-order valence-electron chi connectivity index (χ1n) is 10.2. The van der Waals surface area contributed by atoms with Crippen LogP contribution in [0.1, 0.15) is 41.4 Å². The molecule has 1 saturated heterocycles. The predicted molar refractivity (Wildman–Crippen MR) is 112 cm³/mol. The lowest BCUT2D eigenvalue weighted by molar-refractivity contribution is 0.0942. The van der Waals surface area contributed by atoms with Crippen molar-refractivity contribution >= 4 is 5.91 Å². The number of nitrogens with one attached hydrogen (secondary N) is 1. The number of ether oxygens (including phenoxy) is 1. The summed E-state index contributed by atoms with van der Waals surface area (Å²) in [6.07, 6.45) is 2.54. The van der Waals surface area contributed by atoms with Gasteiger partial charge in [-0.2, -0.15) is 5.10 Å². The summed E-state index contributed by atoms with van der Waals surface area (Å²) in [5.41, 5.74) is 2.31. The summed E-state index contributed by atoms with van der Waals surface area (Å²) < 4.78 is 6.24. The molecule has 2 heterocycles. The molecule has 0 unspecified atom stereocenters. The van der Waals surface area contributed by atoms with Crippen molar-refractivity contribution in [2.24, 2.45) is 5.92 Å². The summed E-state index contributed by atoms with van der Waals surface area (Å²) in [5, 5.41) is 7.09. The molecular formula is C22H30N4O3. The Balaban J connectivity index is 1.64. The lowest BCUT2D eigenvalue weighted by Gasteiger charge is -2.31. The Morgan fingerprint density at radius 2 is 2.03 bits per heavy atom. The highest BCUT2D eigenvalue weighted by Gasteiger charge is 2.17. The lowest BCUT2D eigenvalue weighted by Crippen LogP contribution is -2.34. The van der Waals surface area contributed by atoms with E-state index >= 15 is 0 Å². The molecule has 1 aromatic carbocycles. The van der Waals surface area contributed by atoms with Crippen molar-refractivity contribution in [1.82, 2.24) is 20.0 Å². The number of carbonyl (C=O) groups excluding carboxylic acids is 1. The molecule has 1 aromatic heterocycles. The van der Waals surface area contributed by atoms with E-state index in [-0.39, 0.29) is 17.2 Å². The fourth-order valence-corrected chi connectivity index (χ4v) is 3.73. The first-order valence-corrected chi connectivity index (χ1v) is 10.2. The Morgan fingerprint density at radius 1 is 1.24 bits per heavy atom. The normalized spacial score (nSPS) is 17.2. The number of methoxy groups -OCH3 is 1. The highest BCUT2D eigenvalue weighted by molar-refractivity contribution is 5.91. The highest BCUT2D eigenvalue weighted by Crippen LogP contribution is 2.19. The molecule has 1 atom stereocenters. The van der Waals surface area contributed by atoms with Crippen LogP contribution in [-0.4, -0.2) is 47.4 Å². The van der Waals surface area contributed by atoms with Gasteiger partial charge in [0.2, 0.25) is 0 Å². The van der Waals surface area contributed by atoms with E-state index in [1.54, 1.807) is 7.11 Å². The van der Waals surface area contributed by atoms with Gasteiger partial charge in [0.25, 0.3) is 11.5 Å². The van der Waals surface area contributed by atoms with Gasteiger partial charge in [-0.3, -0.25) is 14.5 Å². The molecule has 7 nitrogen and oxygen atoms in total. The molecular weight excluding hydrogens is 368 g/mol. The summed E-state index contributed by atoms with van der Waals surface area (Å²) in [7, 11) is 1.56. The minimum absolute atomic E-state index is 0.225. The van der Waals surface area contributed by atoms with Crippen molar-refractivity contribution < 1.29 is 9.53 Å². The third-order valence-corrected chi connectivity index (χ3v) is 5.30. The predicted octanol–water partition coefficient (Wildman–Crippen LogP) is 2.05. The zero-order valence-electron chi connectivity index (χ0n) is 17.3. The van der Waals surface area contributed by atoms with E-state index in [0.717, 1.165) is 31.1 Å². The van der Waals surface area contributed by atoms with Crippen LogP contribution < -0.4 is 10.9 Å². The molecule has 0 aliphatic carbocycles. The van der Waals surface area contributed by atoms with Gasteiger partial charge in [0.05, 0.1) is 13.2 Å². The SMILES string of the molecule is COCCn1nc(C(=O)NCc2ccccc2CN2CCC[C@H](C)C2)ccc1=O. The fourth-order valence-electron chi connectivity index (χ4n) is 3.73. The molecule has 29 heavy (non-hydrogen) atoms. The van der Waals surface area contributed by atoms with Gasteiger partial charge in [-0.05, 0) is 42.5 Å². The number of hydrogen-bond acceptors (Lipinski definition) is 5. The van der Waals surface area contributed by atoms with Crippen molar-refractivity contribution in [3.8, 4) is 0 Å². The number of aromatic nitrogens is 2. The van der Waals surface area contributed by atoms with E-state index in [9.17, 15) is 9.59 Å². The second kappa shape index (κ2) is 10.3. The number of amides is 1. The van der Waals surface area contributed by atoms with E-state index in [1.165, 1.54) is 35.2 Å². The molecule has 1 amide bonds. The van der Waals surface area contributed by atoms with Gasteiger partial charge in [-0.1, -0.05) is 31.2 Å². The van der Waals surface area contributed by atoms with E-state index in [4.69, 9.17) is 4.74 Å². The molecule has 0 radical (unpaired) electrons. The quantitative estimate of drug-likeness (QED) is 0.737. The van der Waals surface area contributed by atoms with E-state index in [2.05, 4.69) is 34.4 Å². The van der Waals surface area contributed by atoms with Crippen LogP contribution in [0.25, 0.3) is 0 Å². The fraction of sp³-hybridized carbons (Fsp3) is 0.500. The molecule has 0 spiro atoms. The number of piperidine rings is 1. The Bertz CT molecular complexity index is 880. The van der Waals surface area contributed by atoms with Crippen LogP contribution in [0, 0.1) is 5.92 Å². The molecule has 1 aliphatic rings. The van der Waals surface area contributed by atoms with E-state index in [1.807, 2.05) is 12.1 Å². The van der Waals surface area contributed by atoms with Gasteiger partial charge in [0.15, 0.2) is 0 Å². The third-order valence-electron chi connectivity index (χ3n) is 5.30. The van der Waals surface area contributed by atoms with E-state index in [0.29, 0.717) is 19.7 Å². The molecule has 2 aromatic rings.